The molecule has 0 saturated heterocycles. The van der Waals surface area contributed by atoms with Crippen molar-refractivity contribution in [2.45, 2.75) is 45.3 Å². The molecule has 0 unspecified atom stereocenters. The van der Waals surface area contributed by atoms with Crippen LogP contribution in [0.4, 0.5) is 0 Å². The largest absolute Gasteiger partial charge is 0.457 e. The molecule has 5 heterocycles. The fourth-order valence-corrected chi connectivity index (χ4v) is 4.96. The number of pyridine rings is 1. The van der Waals surface area contributed by atoms with Crippen LogP contribution in [0.5, 0.6) is 0 Å². The molecular formula is C27H24ClN7O4. The second kappa shape index (κ2) is 9.35. The van der Waals surface area contributed by atoms with Crippen molar-refractivity contribution in [3.63, 3.8) is 0 Å². The maximum absolute atomic E-state index is 13.4. The highest BCUT2D eigenvalue weighted by molar-refractivity contribution is 6.31. The molecule has 1 N–H and O–H groups in total. The zero-order valence-electron chi connectivity index (χ0n) is 21.4. The number of furan rings is 1. The number of aryl methyl sites for hydroxylation is 1. The molecular weight excluding hydrogens is 522 g/mol. The average molecular weight is 546 g/mol. The minimum absolute atomic E-state index is 0.105. The minimum atomic E-state index is -0.629. The van der Waals surface area contributed by atoms with Crippen LogP contribution in [0.25, 0.3) is 28.1 Å². The Bertz CT molecular complexity index is 1740. The highest BCUT2D eigenvalue weighted by Crippen LogP contribution is 2.34. The Morgan fingerprint density at radius 2 is 2.03 bits per heavy atom. The molecule has 0 fully saturated rings. The highest BCUT2D eigenvalue weighted by Gasteiger charge is 2.28. The number of hydrogen-bond donors (Lipinski definition) is 1. The van der Waals surface area contributed by atoms with Gasteiger partial charge in [-0.3, -0.25) is 4.79 Å². The number of H-pyrrole nitrogens is 1. The Hall–Kier alpha value is -4.51. The van der Waals surface area contributed by atoms with Crippen molar-refractivity contribution in [3.05, 3.63) is 87.8 Å². The summed E-state index contributed by atoms with van der Waals surface area (Å²) in [5.41, 5.74) is 3.63. The Labute approximate surface area is 227 Å². The van der Waals surface area contributed by atoms with Crippen LogP contribution in [0.15, 0.2) is 64.4 Å². The molecule has 0 bridgehead atoms. The van der Waals surface area contributed by atoms with E-state index in [1.807, 2.05) is 12.1 Å². The van der Waals surface area contributed by atoms with Gasteiger partial charge in [-0.1, -0.05) is 11.6 Å². The molecule has 39 heavy (non-hydrogen) atoms. The highest BCUT2D eigenvalue weighted by atomic mass is 35.5. The monoisotopic (exact) mass is 545 g/mol. The summed E-state index contributed by atoms with van der Waals surface area (Å²) in [5.74, 6) is 0.215. The molecule has 11 nitrogen and oxygen atoms in total. The van der Waals surface area contributed by atoms with Gasteiger partial charge in [0.25, 0.3) is 5.56 Å². The summed E-state index contributed by atoms with van der Waals surface area (Å²) in [5, 5.41) is 12.0. The average Bonchev–Trinajstić information content (AvgIpc) is 3.68. The number of nitrogens with one attached hydrogen (secondary N) is 1. The van der Waals surface area contributed by atoms with E-state index >= 15 is 0 Å². The van der Waals surface area contributed by atoms with Crippen molar-refractivity contribution in [1.82, 2.24) is 34.7 Å². The molecule has 198 valence electrons. The van der Waals surface area contributed by atoms with Crippen LogP contribution in [-0.4, -0.2) is 46.3 Å². The van der Waals surface area contributed by atoms with Crippen molar-refractivity contribution in [1.29, 1.82) is 0 Å². The minimum Gasteiger partial charge on any atom is -0.457 e. The molecule has 0 spiro atoms. The van der Waals surface area contributed by atoms with Crippen LogP contribution in [0, 0.1) is 0 Å². The van der Waals surface area contributed by atoms with Gasteiger partial charge in [0.1, 0.15) is 24.0 Å². The fourth-order valence-electron chi connectivity index (χ4n) is 4.79. The first-order valence-electron chi connectivity index (χ1n) is 12.3. The predicted octanol–water partition coefficient (Wildman–Crippen LogP) is 4.62. The summed E-state index contributed by atoms with van der Waals surface area (Å²) in [4.78, 5) is 33.6. The van der Waals surface area contributed by atoms with Gasteiger partial charge in [0, 0.05) is 34.0 Å². The summed E-state index contributed by atoms with van der Waals surface area (Å²) >= 11 is 6.30. The second-order valence-electron chi connectivity index (χ2n) is 10.3. The third-order valence-electron chi connectivity index (χ3n) is 6.42. The second-order valence-corrected chi connectivity index (χ2v) is 10.7. The van der Waals surface area contributed by atoms with Crippen molar-refractivity contribution < 1.29 is 13.9 Å². The van der Waals surface area contributed by atoms with Crippen LogP contribution < -0.4 is 5.56 Å². The number of carbonyl (C=O) groups is 1. The quantitative estimate of drug-likeness (QED) is 0.316. The Morgan fingerprint density at radius 3 is 2.79 bits per heavy atom. The molecule has 0 radical (unpaired) electrons. The molecule has 1 aliphatic rings. The van der Waals surface area contributed by atoms with Crippen LogP contribution in [-0.2, 0) is 11.2 Å². The summed E-state index contributed by atoms with van der Waals surface area (Å²) in [6.07, 6.45) is 6.04. The number of halogens is 1. The number of benzene rings is 1. The van der Waals surface area contributed by atoms with Crippen LogP contribution in [0.2, 0.25) is 5.02 Å². The molecule has 1 aliphatic heterocycles. The maximum Gasteiger partial charge on any atom is 0.374 e. The van der Waals surface area contributed by atoms with Crippen molar-refractivity contribution in [2.75, 3.05) is 0 Å². The van der Waals surface area contributed by atoms with Crippen LogP contribution in [0.1, 0.15) is 55.3 Å². The Kier molecular flexibility index (Phi) is 5.95. The number of aromatic amines is 1. The molecule has 4 aromatic heterocycles. The van der Waals surface area contributed by atoms with Gasteiger partial charge in [-0.25, -0.2) is 9.78 Å². The lowest BCUT2D eigenvalue weighted by Crippen LogP contribution is -2.23. The number of tetrazole rings is 1. The number of esters is 1. The van der Waals surface area contributed by atoms with Crippen molar-refractivity contribution >= 4 is 17.6 Å². The summed E-state index contributed by atoms with van der Waals surface area (Å²) < 4.78 is 14.1. The van der Waals surface area contributed by atoms with Gasteiger partial charge in [-0.2, -0.15) is 4.68 Å². The van der Waals surface area contributed by atoms with Gasteiger partial charge < -0.3 is 18.7 Å². The molecule has 0 aliphatic carbocycles. The number of ether oxygens (including phenoxy) is 1. The lowest BCUT2D eigenvalue weighted by Gasteiger charge is -2.18. The zero-order valence-corrected chi connectivity index (χ0v) is 22.1. The summed E-state index contributed by atoms with van der Waals surface area (Å²) in [6, 6.07) is 10.3. The molecule has 5 aromatic rings. The van der Waals surface area contributed by atoms with Crippen LogP contribution >= 0.6 is 11.6 Å². The Morgan fingerprint density at radius 1 is 1.18 bits per heavy atom. The Balaban J connectivity index is 1.30. The van der Waals surface area contributed by atoms with E-state index in [1.54, 1.807) is 55.8 Å². The fraction of sp³-hybridized carbons (Fsp3) is 0.259. The van der Waals surface area contributed by atoms with E-state index < -0.39 is 11.6 Å². The lowest BCUT2D eigenvalue weighted by molar-refractivity contribution is 0.00360. The van der Waals surface area contributed by atoms with E-state index in [-0.39, 0.29) is 17.4 Å². The van der Waals surface area contributed by atoms with E-state index in [0.29, 0.717) is 40.6 Å². The standard InChI is InChI=1S/C27H24ClN7O4/c1-27(2,3)39-26(37)23-9-16(13-38-23)20-12-29-25(31-20)22-7-5-18-8-15(10-24(36)35(18)22)19-11-17(28)4-6-21(19)34-14-30-32-33-34/h4,6,8-14,22H,5,7H2,1-3H3,(H,29,31)/t22-/m0/s1. The number of hydrogen-bond acceptors (Lipinski definition) is 8. The SMILES string of the molecule is CC(C)(C)OC(=O)c1cc(-c2cnc([C@@H]3CCc4cc(-c5cc(Cl)ccc5-n5cnnn5)cc(=O)n43)[nH]2)co1. The molecule has 1 aromatic carbocycles. The first-order chi connectivity index (χ1) is 18.7. The van der Waals surface area contributed by atoms with Gasteiger partial charge in [0.2, 0.25) is 5.76 Å². The normalized spacial score (nSPS) is 14.9. The van der Waals surface area contributed by atoms with Crippen LogP contribution in [0.3, 0.4) is 0 Å². The molecule has 0 saturated carbocycles. The number of carbonyl (C=O) groups excluding carboxylic acids is 1. The van der Waals surface area contributed by atoms with E-state index in [0.717, 1.165) is 16.8 Å². The smallest absolute Gasteiger partial charge is 0.374 e. The lowest BCUT2D eigenvalue weighted by atomic mass is 10.0. The summed E-state index contributed by atoms with van der Waals surface area (Å²) in [7, 11) is 0. The molecule has 0 amide bonds. The first-order valence-corrected chi connectivity index (χ1v) is 12.7. The van der Waals surface area contributed by atoms with Gasteiger partial charge in [-0.15, -0.1) is 5.10 Å². The van der Waals surface area contributed by atoms with E-state index in [4.69, 9.17) is 20.8 Å². The van der Waals surface area contributed by atoms with Crippen molar-refractivity contribution in [3.8, 4) is 28.1 Å². The molecule has 6 rings (SSSR count). The molecule has 12 heteroatoms. The third kappa shape index (κ3) is 4.76. The van der Waals surface area contributed by atoms with Gasteiger partial charge in [0.05, 0.1) is 23.6 Å². The van der Waals surface area contributed by atoms with Gasteiger partial charge >= 0.3 is 5.97 Å². The number of imidazole rings is 1. The van der Waals surface area contributed by atoms with Gasteiger partial charge in [0.15, 0.2) is 0 Å². The van der Waals surface area contributed by atoms with E-state index in [9.17, 15) is 9.59 Å². The summed E-state index contributed by atoms with van der Waals surface area (Å²) in [6.45, 7) is 5.38. The zero-order chi connectivity index (χ0) is 27.3. The number of fused-ring (bicyclic) bond motifs is 1. The number of aromatic nitrogens is 7. The van der Waals surface area contributed by atoms with E-state index in [2.05, 4.69) is 25.5 Å². The number of rotatable bonds is 5. The predicted molar refractivity (Wildman–Crippen MR) is 142 cm³/mol. The maximum atomic E-state index is 13.4. The molecule has 1 atom stereocenters. The van der Waals surface area contributed by atoms with Crippen molar-refractivity contribution in [2.24, 2.45) is 0 Å². The topological polar surface area (TPSA) is 134 Å². The third-order valence-corrected chi connectivity index (χ3v) is 6.66. The number of nitrogens with zero attached hydrogens (tertiary/aromatic N) is 6. The van der Waals surface area contributed by atoms with E-state index in [1.165, 1.54) is 17.3 Å². The van der Waals surface area contributed by atoms with Gasteiger partial charge in [-0.05, 0) is 73.9 Å². The first kappa shape index (κ1) is 24.8.